The molecule has 1 rings (SSSR count). The Hall–Kier alpha value is 0.700. The van der Waals surface area contributed by atoms with Gasteiger partial charge in [0.25, 0.3) is 0 Å². The molecule has 0 saturated carbocycles. The van der Waals surface area contributed by atoms with Crippen LogP contribution in [0.2, 0.25) is 0 Å². The first kappa shape index (κ1) is 5.83. The highest BCUT2D eigenvalue weighted by Gasteiger charge is 2.11. The second-order valence-corrected chi connectivity index (χ2v) is 4.00. The van der Waals surface area contributed by atoms with Crippen molar-refractivity contribution in [1.29, 1.82) is 0 Å². The summed E-state index contributed by atoms with van der Waals surface area (Å²) >= 11 is 6.92. The van der Waals surface area contributed by atoms with Crippen LogP contribution in [0.3, 0.4) is 0 Å². The van der Waals surface area contributed by atoms with Crippen LogP contribution in [0.5, 0.6) is 0 Å². The summed E-state index contributed by atoms with van der Waals surface area (Å²) < 4.78 is 0. The Bertz CT molecular complexity index is 78.1. The lowest BCUT2D eigenvalue weighted by Gasteiger charge is -1.94. The minimum absolute atomic E-state index is 0.608. The predicted molar refractivity (Wildman–Crippen MR) is 39.2 cm³/mol. The van der Waals surface area contributed by atoms with Gasteiger partial charge in [-0.15, -0.1) is 0 Å². The number of halogens is 2. The Kier molecular flexibility index (Phi) is 1.93. The Morgan fingerprint density at radius 2 is 1.57 bits per heavy atom. The summed E-state index contributed by atoms with van der Waals surface area (Å²) in [7, 11) is 0. The first-order valence-electron chi connectivity index (χ1n) is 2.25. The third-order valence-corrected chi connectivity index (χ3v) is 2.34. The van der Waals surface area contributed by atoms with E-state index < -0.39 is 0 Å². The fourth-order valence-electron chi connectivity index (χ4n) is 0.613. The predicted octanol–water partition coefficient (Wildman–Crippen LogP) is 2.47. The number of allylic oxidation sites excluding steroid dienone is 2. The lowest BCUT2D eigenvalue weighted by Crippen LogP contribution is -1.90. The summed E-state index contributed by atoms with van der Waals surface area (Å²) in [5, 5.41) is 0. The van der Waals surface area contributed by atoms with E-state index in [-0.39, 0.29) is 0 Å². The molecular formula is C5H6Br2. The smallest absolute Gasteiger partial charge is 0.0339 e. The van der Waals surface area contributed by atoms with Gasteiger partial charge >= 0.3 is 0 Å². The van der Waals surface area contributed by atoms with Gasteiger partial charge in [0.05, 0.1) is 0 Å². The Balaban J connectivity index is 2.42. The molecule has 1 aliphatic rings. The van der Waals surface area contributed by atoms with E-state index in [0.29, 0.717) is 9.65 Å². The van der Waals surface area contributed by atoms with Crippen LogP contribution >= 0.6 is 31.9 Å². The monoisotopic (exact) mass is 224 g/mol. The normalized spacial score (nSPS) is 39.7. The molecule has 2 unspecified atom stereocenters. The van der Waals surface area contributed by atoms with Crippen molar-refractivity contribution in [1.82, 2.24) is 0 Å². The molecular weight excluding hydrogens is 220 g/mol. The molecule has 0 spiro atoms. The summed E-state index contributed by atoms with van der Waals surface area (Å²) in [6.45, 7) is 0. The Morgan fingerprint density at radius 1 is 1.14 bits per heavy atom. The SMILES string of the molecule is BrC1C=CC(Br)C1. The average Bonchev–Trinajstić information content (AvgIpc) is 1.87. The zero-order valence-corrected chi connectivity index (χ0v) is 6.94. The summed E-state index contributed by atoms with van der Waals surface area (Å²) in [5.41, 5.74) is 0. The molecule has 0 radical (unpaired) electrons. The van der Waals surface area contributed by atoms with Gasteiger partial charge in [0.1, 0.15) is 0 Å². The van der Waals surface area contributed by atoms with Crippen molar-refractivity contribution in [2.45, 2.75) is 16.1 Å². The summed E-state index contributed by atoms with van der Waals surface area (Å²) in [6.07, 6.45) is 5.53. The van der Waals surface area contributed by atoms with Crippen molar-refractivity contribution in [3.8, 4) is 0 Å². The van der Waals surface area contributed by atoms with Crippen molar-refractivity contribution in [3.05, 3.63) is 12.2 Å². The molecule has 0 bridgehead atoms. The maximum absolute atomic E-state index is 3.46. The molecule has 0 aromatic heterocycles. The molecule has 2 heteroatoms. The maximum atomic E-state index is 3.46. The van der Waals surface area contributed by atoms with Crippen molar-refractivity contribution < 1.29 is 0 Å². The van der Waals surface area contributed by atoms with Gasteiger partial charge in [0.15, 0.2) is 0 Å². The van der Waals surface area contributed by atoms with E-state index >= 15 is 0 Å². The summed E-state index contributed by atoms with van der Waals surface area (Å²) in [6, 6.07) is 0. The van der Waals surface area contributed by atoms with Crippen LogP contribution < -0.4 is 0 Å². The molecule has 1 aliphatic carbocycles. The van der Waals surface area contributed by atoms with E-state index in [0.717, 1.165) is 0 Å². The van der Waals surface area contributed by atoms with Crippen LogP contribution in [0, 0.1) is 0 Å². The molecule has 0 aromatic carbocycles. The third kappa shape index (κ3) is 1.57. The van der Waals surface area contributed by atoms with Gasteiger partial charge in [-0.05, 0) is 6.42 Å². The topological polar surface area (TPSA) is 0 Å². The highest BCUT2D eigenvalue weighted by atomic mass is 79.9. The third-order valence-electron chi connectivity index (χ3n) is 0.979. The van der Waals surface area contributed by atoms with Crippen LogP contribution in [0.15, 0.2) is 12.2 Å². The average molecular weight is 226 g/mol. The first-order valence-corrected chi connectivity index (χ1v) is 4.08. The molecule has 0 saturated heterocycles. The van der Waals surface area contributed by atoms with E-state index in [9.17, 15) is 0 Å². The van der Waals surface area contributed by atoms with Crippen LogP contribution in [0.1, 0.15) is 6.42 Å². The van der Waals surface area contributed by atoms with E-state index in [1.54, 1.807) is 0 Å². The van der Waals surface area contributed by atoms with Gasteiger partial charge in [-0.25, -0.2) is 0 Å². The highest BCUT2D eigenvalue weighted by molar-refractivity contribution is 9.10. The largest absolute Gasteiger partial charge is 0.0845 e. The van der Waals surface area contributed by atoms with Gasteiger partial charge in [0.2, 0.25) is 0 Å². The molecule has 0 aromatic rings. The molecule has 2 atom stereocenters. The molecule has 0 aliphatic heterocycles. The van der Waals surface area contributed by atoms with Crippen LogP contribution in [0.4, 0.5) is 0 Å². The number of hydrogen-bond donors (Lipinski definition) is 0. The quantitative estimate of drug-likeness (QED) is 0.439. The molecule has 0 N–H and O–H groups in total. The first-order chi connectivity index (χ1) is 3.29. The zero-order valence-electron chi connectivity index (χ0n) is 3.77. The minimum atomic E-state index is 0.608. The highest BCUT2D eigenvalue weighted by Crippen LogP contribution is 2.22. The van der Waals surface area contributed by atoms with E-state index in [1.165, 1.54) is 6.42 Å². The van der Waals surface area contributed by atoms with Gasteiger partial charge in [-0.1, -0.05) is 44.0 Å². The molecule has 40 valence electrons. The van der Waals surface area contributed by atoms with Crippen molar-refractivity contribution in [2.24, 2.45) is 0 Å². The molecule has 0 nitrogen and oxygen atoms in total. The molecule has 0 fully saturated rings. The second kappa shape index (κ2) is 2.31. The Morgan fingerprint density at radius 3 is 1.71 bits per heavy atom. The maximum Gasteiger partial charge on any atom is 0.0339 e. The Labute approximate surface area is 60.2 Å². The standard InChI is InChI=1S/C5H6Br2/c6-4-1-2-5(7)3-4/h1-2,4-5H,3H2. The summed E-state index contributed by atoms with van der Waals surface area (Å²) in [5.74, 6) is 0. The minimum Gasteiger partial charge on any atom is -0.0845 e. The fourth-order valence-corrected chi connectivity index (χ4v) is 2.27. The molecule has 0 heterocycles. The number of alkyl halides is 2. The van der Waals surface area contributed by atoms with Crippen molar-refractivity contribution in [2.75, 3.05) is 0 Å². The number of hydrogen-bond acceptors (Lipinski definition) is 0. The van der Waals surface area contributed by atoms with Crippen LogP contribution in [0.25, 0.3) is 0 Å². The number of rotatable bonds is 0. The van der Waals surface area contributed by atoms with Crippen molar-refractivity contribution >= 4 is 31.9 Å². The molecule has 0 amide bonds. The van der Waals surface area contributed by atoms with Gasteiger partial charge in [-0.2, -0.15) is 0 Å². The van der Waals surface area contributed by atoms with E-state index in [4.69, 9.17) is 0 Å². The van der Waals surface area contributed by atoms with Gasteiger partial charge in [-0.3, -0.25) is 0 Å². The lowest BCUT2D eigenvalue weighted by molar-refractivity contribution is 0.982. The van der Waals surface area contributed by atoms with E-state index in [1.807, 2.05) is 0 Å². The second-order valence-electron chi connectivity index (χ2n) is 1.65. The van der Waals surface area contributed by atoms with Gasteiger partial charge < -0.3 is 0 Å². The summed E-state index contributed by atoms with van der Waals surface area (Å²) in [4.78, 5) is 1.22. The van der Waals surface area contributed by atoms with E-state index in [2.05, 4.69) is 44.0 Å². The van der Waals surface area contributed by atoms with Crippen molar-refractivity contribution in [3.63, 3.8) is 0 Å². The molecule has 7 heavy (non-hydrogen) atoms. The van der Waals surface area contributed by atoms with Crippen LogP contribution in [-0.2, 0) is 0 Å². The fraction of sp³-hybridized carbons (Fsp3) is 0.600. The van der Waals surface area contributed by atoms with Crippen LogP contribution in [-0.4, -0.2) is 9.65 Å². The zero-order chi connectivity index (χ0) is 5.28. The van der Waals surface area contributed by atoms with Gasteiger partial charge in [0, 0.05) is 9.65 Å². The lowest BCUT2D eigenvalue weighted by atomic mass is 10.4.